The summed E-state index contributed by atoms with van der Waals surface area (Å²) in [6.45, 7) is 2.81. The number of nitrogens with zero attached hydrogens (tertiary/aromatic N) is 4. The van der Waals surface area contributed by atoms with Gasteiger partial charge in [-0.15, -0.1) is 22.6 Å². The van der Waals surface area contributed by atoms with Crippen molar-refractivity contribution in [1.29, 1.82) is 0 Å². The number of imidazole rings is 1. The van der Waals surface area contributed by atoms with E-state index in [2.05, 4.69) is 62.9 Å². The van der Waals surface area contributed by atoms with Crippen molar-refractivity contribution < 1.29 is 0 Å². The van der Waals surface area contributed by atoms with Crippen LogP contribution in [0.3, 0.4) is 0 Å². The normalized spacial score (nSPS) is 10.8. The molecule has 7 nitrogen and oxygen atoms in total. The van der Waals surface area contributed by atoms with E-state index in [4.69, 9.17) is 10.7 Å². The largest absolute Gasteiger partial charge is 0.345 e. The minimum Gasteiger partial charge on any atom is -0.345 e. The maximum Gasteiger partial charge on any atom is 0.205 e. The summed E-state index contributed by atoms with van der Waals surface area (Å²) in [7, 11) is 0. The van der Waals surface area contributed by atoms with E-state index in [9.17, 15) is 0 Å². The molecule has 0 fully saturated rings. The highest BCUT2D eigenvalue weighted by atomic mass is 35.5. The summed E-state index contributed by atoms with van der Waals surface area (Å²) >= 11 is 0. The number of aromatic amines is 2. The summed E-state index contributed by atoms with van der Waals surface area (Å²) in [5, 5.41) is 14.5. The number of nitrogens with two attached hydrogens (primary N) is 1. The van der Waals surface area contributed by atoms with Gasteiger partial charge in [0.25, 0.3) is 0 Å². The molecule has 31 heavy (non-hydrogen) atoms. The van der Waals surface area contributed by atoms with Gasteiger partial charge < -0.3 is 10.7 Å². The Morgan fingerprint density at radius 1 is 0.968 bits per heavy atom. The van der Waals surface area contributed by atoms with Gasteiger partial charge in [0.1, 0.15) is 5.82 Å². The lowest BCUT2D eigenvalue weighted by molar-refractivity contribution is 0.758. The van der Waals surface area contributed by atoms with Crippen molar-refractivity contribution in [1.82, 2.24) is 30.6 Å². The number of rotatable bonds is 9. The second kappa shape index (κ2) is 10.8. The molecule has 0 aliphatic rings. The van der Waals surface area contributed by atoms with Crippen LogP contribution in [0.15, 0.2) is 48.5 Å². The standard InChI is InChI=1S/C23H27N7.ClH/c1-2-3-8-22-25-20(13-14-24)21(26-22)15-16-9-11-17(12-10-16)18-6-4-5-7-19(18)23-27-29-30-28-23;/h4-7,9-12H,2-3,8,13-15,24H2,1H3,(H,25,26)(H,27,28,29,30);1H. The van der Waals surface area contributed by atoms with Crippen LogP contribution in [-0.2, 0) is 19.3 Å². The number of unbranched alkanes of at least 4 members (excludes halogenated alkanes) is 1. The summed E-state index contributed by atoms with van der Waals surface area (Å²) < 4.78 is 0. The number of nitrogens with one attached hydrogen (secondary N) is 2. The van der Waals surface area contributed by atoms with Gasteiger partial charge in [-0.25, -0.2) is 4.98 Å². The maximum atomic E-state index is 5.80. The lowest BCUT2D eigenvalue weighted by Gasteiger charge is -2.08. The van der Waals surface area contributed by atoms with Gasteiger partial charge in [-0.05, 0) is 34.9 Å². The molecule has 0 bridgehead atoms. The van der Waals surface area contributed by atoms with E-state index in [1.54, 1.807) is 0 Å². The van der Waals surface area contributed by atoms with Gasteiger partial charge in [0.2, 0.25) is 5.82 Å². The molecule has 0 amide bonds. The number of hydrogen-bond donors (Lipinski definition) is 3. The topological polar surface area (TPSA) is 109 Å². The van der Waals surface area contributed by atoms with Gasteiger partial charge in [0.15, 0.2) is 0 Å². The Balaban J connectivity index is 0.00000272. The summed E-state index contributed by atoms with van der Waals surface area (Å²) in [5.41, 5.74) is 12.5. The first kappa shape index (κ1) is 22.7. The molecule has 2 aromatic carbocycles. The number of hydrogen-bond acceptors (Lipinski definition) is 5. The molecule has 0 saturated heterocycles. The van der Waals surface area contributed by atoms with Crippen LogP contribution in [0.25, 0.3) is 22.5 Å². The third-order valence-electron chi connectivity index (χ3n) is 5.22. The highest BCUT2D eigenvalue weighted by Crippen LogP contribution is 2.30. The van der Waals surface area contributed by atoms with E-state index in [1.807, 2.05) is 18.2 Å². The van der Waals surface area contributed by atoms with Crippen LogP contribution in [0.4, 0.5) is 0 Å². The molecule has 2 aromatic heterocycles. The zero-order valence-corrected chi connectivity index (χ0v) is 18.5. The van der Waals surface area contributed by atoms with Crippen molar-refractivity contribution in [2.75, 3.05) is 6.54 Å². The molecule has 0 atom stereocenters. The van der Waals surface area contributed by atoms with Crippen LogP contribution < -0.4 is 5.73 Å². The molecule has 8 heteroatoms. The average molecular weight is 438 g/mol. The van der Waals surface area contributed by atoms with Crippen molar-refractivity contribution >= 4 is 12.4 Å². The minimum absolute atomic E-state index is 0. The molecule has 162 valence electrons. The lowest BCUT2D eigenvalue weighted by Crippen LogP contribution is -2.05. The van der Waals surface area contributed by atoms with Crippen LogP contribution in [0.5, 0.6) is 0 Å². The van der Waals surface area contributed by atoms with Crippen molar-refractivity contribution in [2.24, 2.45) is 5.73 Å². The second-order valence-electron chi connectivity index (χ2n) is 7.41. The fraction of sp³-hybridized carbons (Fsp3) is 0.304. The fourth-order valence-electron chi connectivity index (χ4n) is 3.67. The zero-order valence-electron chi connectivity index (χ0n) is 17.6. The maximum absolute atomic E-state index is 5.80. The van der Waals surface area contributed by atoms with Crippen molar-refractivity contribution in [3.05, 3.63) is 71.3 Å². The van der Waals surface area contributed by atoms with Crippen LogP contribution in [0.1, 0.15) is 42.5 Å². The first-order chi connectivity index (χ1) is 14.8. The van der Waals surface area contributed by atoms with Crippen molar-refractivity contribution in [3.8, 4) is 22.5 Å². The molecule has 0 aliphatic carbocycles. The average Bonchev–Trinajstić information content (AvgIpc) is 3.44. The Labute approximate surface area is 188 Å². The molecule has 4 rings (SSSR count). The van der Waals surface area contributed by atoms with Gasteiger partial charge in [0.05, 0.1) is 5.69 Å². The Bertz CT molecular complexity index is 1070. The molecule has 0 spiro atoms. The number of aromatic nitrogens is 6. The summed E-state index contributed by atoms with van der Waals surface area (Å²) in [6.07, 6.45) is 4.91. The third kappa shape index (κ3) is 5.37. The smallest absolute Gasteiger partial charge is 0.205 e. The second-order valence-corrected chi connectivity index (χ2v) is 7.41. The van der Waals surface area contributed by atoms with Gasteiger partial charge in [0, 0.05) is 30.5 Å². The van der Waals surface area contributed by atoms with Crippen LogP contribution in [-0.4, -0.2) is 37.1 Å². The molecule has 0 radical (unpaired) electrons. The predicted molar refractivity (Wildman–Crippen MR) is 125 cm³/mol. The number of tetrazole rings is 1. The Morgan fingerprint density at radius 3 is 2.42 bits per heavy atom. The highest BCUT2D eigenvalue weighted by Gasteiger charge is 2.12. The van der Waals surface area contributed by atoms with Gasteiger partial charge >= 0.3 is 0 Å². The monoisotopic (exact) mass is 437 g/mol. The Hall–Kier alpha value is -3.03. The number of aryl methyl sites for hydroxylation is 1. The molecule has 0 saturated carbocycles. The van der Waals surface area contributed by atoms with E-state index in [-0.39, 0.29) is 12.4 Å². The Morgan fingerprint density at radius 2 is 1.74 bits per heavy atom. The van der Waals surface area contributed by atoms with Gasteiger partial charge in [-0.1, -0.05) is 61.9 Å². The van der Waals surface area contributed by atoms with Gasteiger partial charge in [-0.3, -0.25) is 0 Å². The fourth-order valence-corrected chi connectivity index (χ4v) is 3.67. The van der Waals surface area contributed by atoms with E-state index < -0.39 is 0 Å². The number of benzene rings is 2. The van der Waals surface area contributed by atoms with E-state index in [1.165, 1.54) is 11.3 Å². The van der Waals surface area contributed by atoms with Crippen LogP contribution in [0, 0.1) is 0 Å². The minimum atomic E-state index is 0. The summed E-state index contributed by atoms with van der Waals surface area (Å²) in [4.78, 5) is 8.31. The lowest BCUT2D eigenvalue weighted by atomic mass is 9.97. The Kier molecular flexibility index (Phi) is 7.92. The molecule has 4 N–H and O–H groups in total. The molecular weight excluding hydrogens is 410 g/mol. The SMILES string of the molecule is CCCCc1nc(CCN)c(Cc2ccc(-c3ccccc3-c3nn[nH]n3)cc2)[nH]1.Cl. The third-order valence-corrected chi connectivity index (χ3v) is 5.22. The number of halogens is 1. The first-order valence-corrected chi connectivity index (χ1v) is 10.5. The van der Waals surface area contributed by atoms with Crippen molar-refractivity contribution in [3.63, 3.8) is 0 Å². The quantitative estimate of drug-likeness (QED) is 0.365. The zero-order chi connectivity index (χ0) is 20.8. The summed E-state index contributed by atoms with van der Waals surface area (Å²) in [6, 6.07) is 16.7. The van der Waals surface area contributed by atoms with E-state index in [0.29, 0.717) is 12.4 Å². The van der Waals surface area contributed by atoms with E-state index >= 15 is 0 Å². The highest BCUT2D eigenvalue weighted by molar-refractivity contribution is 5.85. The van der Waals surface area contributed by atoms with Gasteiger partial charge in [-0.2, -0.15) is 5.21 Å². The van der Waals surface area contributed by atoms with Crippen molar-refractivity contribution in [2.45, 2.75) is 39.0 Å². The molecule has 2 heterocycles. The summed E-state index contributed by atoms with van der Waals surface area (Å²) in [5.74, 6) is 1.67. The molecule has 0 aliphatic heterocycles. The van der Waals surface area contributed by atoms with Crippen LogP contribution in [0.2, 0.25) is 0 Å². The molecule has 0 unspecified atom stereocenters. The van der Waals surface area contributed by atoms with E-state index in [0.717, 1.165) is 60.3 Å². The molecule has 4 aromatic rings. The first-order valence-electron chi connectivity index (χ1n) is 10.5. The predicted octanol–water partition coefficient (Wildman–Crippen LogP) is 4.11. The molecular formula is C23H28ClN7. The number of H-pyrrole nitrogens is 2. The van der Waals surface area contributed by atoms with Crippen LogP contribution >= 0.6 is 12.4 Å².